The topological polar surface area (TPSA) is 76.7 Å². The van der Waals surface area contributed by atoms with Crippen molar-refractivity contribution in [3.63, 3.8) is 0 Å². The monoisotopic (exact) mass is 281 g/mol. The Labute approximate surface area is 120 Å². The summed E-state index contributed by atoms with van der Waals surface area (Å²) in [6.07, 6.45) is 4.35. The van der Waals surface area contributed by atoms with Crippen molar-refractivity contribution in [3.8, 4) is 22.4 Å². The summed E-state index contributed by atoms with van der Waals surface area (Å²) in [4.78, 5) is 11.9. The van der Waals surface area contributed by atoms with Crippen molar-refractivity contribution < 1.29 is 4.39 Å². The van der Waals surface area contributed by atoms with Crippen LogP contribution in [0.15, 0.2) is 55.0 Å². The smallest absolute Gasteiger partial charge is 0.237 e. The molecule has 5 nitrogen and oxygen atoms in total. The van der Waals surface area contributed by atoms with E-state index < -0.39 is 5.82 Å². The molecule has 6 heteroatoms. The van der Waals surface area contributed by atoms with Crippen LogP contribution in [0.1, 0.15) is 0 Å². The first kappa shape index (κ1) is 13.1. The van der Waals surface area contributed by atoms with Crippen LogP contribution in [0.4, 0.5) is 10.3 Å². The Hall–Kier alpha value is -2.86. The maximum absolute atomic E-state index is 13.9. The van der Waals surface area contributed by atoms with Crippen LogP contribution in [0.3, 0.4) is 0 Å². The van der Waals surface area contributed by atoms with Gasteiger partial charge in [-0.25, -0.2) is 20.2 Å². The molecule has 0 fully saturated rings. The number of benzene rings is 1. The summed E-state index contributed by atoms with van der Waals surface area (Å²) >= 11 is 0. The standard InChI is InChI=1S/C15H12FN5/c16-13-9-19-15(21-17)20-14(13)12-6-11(7-18-8-12)10-4-2-1-3-5-10/h1-9H,17H2,(H,19,20,21). The second-order valence-electron chi connectivity index (χ2n) is 4.36. The Morgan fingerprint density at radius 2 is 1.71 bits per heavy atom. The number of hydrogen-bond donors (Lipinski definition) is 2. The predicted octanol–water partition coefficient (Wildman–Crippen LogP) is 2.63. The summed E-state index contributed by atoms with van der Waals surface area (Å²) in [6.45, 7) is 0. The van der Waals surface area contributed by atoms with Gasteiger partial charge in [-0.2, -0.15) is 0 Å². The molecule has 0 amide bonds. The number of hydrazine groups is 1. The van der Waals surface area contributed by atoms with Gasteiger partial charge in [0.1, 0.15) is 5.69 Å². The number of aromatic nitrogens is 3. The summed E-state index contributed by atoms with van der Waals surface area (Å²) < 4.78 is 13.9. The summed E-state index contributed by atoms with van der Waals surface area (Å²) in [7, 11) is 0. The molecule has 0 spiro atoms. The van der Waals surface area contributed by atoms with Crippen molar-refractivity contribution in [2.45, 2.75) is 0 Å². The van der Waals surface area contributed by atoms with E-state index in [0.717, 1.165) is 17.3 Å². The Bertz CT molecular complexity index is 761. The van der Waals surface area contributed by atoms with Gasteiger partial charge in [0.05, 0.1) is 6.20 Å². The van der Waals surface area contributed by atoms with Crippen molar-refractivity contribution in [1.82, 2.24) is 15.0 Å². The first-order valence-electron chi connectivity index (χ1n) is 6.28. The van der Waals surface area contributed by atoms with Crippen LogP contribution in [-0.4, -0.2) is 15.0 Å². The highest BCUT2D eigenvalue weighted by Gasteiger charge is 2.10. The molecule has 3 N–H and O–H groups in total. The van der Waals surface area contributed by atoms with Crippen molar-refractivity contribution in [3.05, 3.63) is 60.8 Å². The van der Waals surface area contributed by atoms with Gasteiger partial charge in [-0.3, -0.25) is 10.4 Å². The number of nitrogens with one attached hydrogen (secondary N) is 1. The molecule has 104 valence electrons. The lowest BCUT2D eigenvalue weighted by Gasteiger charge is -2.07. The molecular formula is C15H12FN5. The van der Waals surface area contributed by atoms with Crippen LogP contribution in [0, 0.1) is 5.82 Å². The molecule has 0 radical (unpaired) electrons. The molecule has 0 saturated heterocycles. The molecule has 0 saturated carbocycles. The van der Waals surface area contributed by atoms with Gasteiger partial charge in [-0.05, 0) is 11.6 Å². The zero-order valence-corrected chi connectivity index (χ0v) is 11.0. The number of halogens is 1. The van der Waals surface area contributed by atoms with E-state index in [2.05, 4.69) is 20.4 Å². The fourth-order valence-corrected chi connectivity index (χ4v) is 2.00. The zero-order valence-electron chi connectivity index (χ0n) is 11.0. The fraction of sp³-hybridized carbons (Fsp3) is 0. The summed E-state index contributed by atoms with van der Waals surface area (Å²) in [5.41, 5.74) is 4.90. The number of nitrogen functional groups attached to an aromatic ring is 1. The highest BCUT2D eigenvalue weighted by molar-refractivity contribution is 5.70. The lowest BCUT2D eigenvalue weighted by atomic mass is 10.0. The van der Waals surface area contributed by atoms with Crippen molar-refractivity contribution in [2.75, 3.05) is 5.43 Å². The normalized spacial score (nSPS) is 10.4. The Kier molecular flexibility index (Phi) is 3.53. The van der Waals surface area contributed by atoms with Crippen LogP contribution < -0.4 is 11.3 Å². The number of nitrogens with two attached hydrogens (primary N) is 1. The van der Waals surface area contributed by atoms with Crippen molar-refractivity contribution in [1.29, 1.82) is 0 Å². The number of pyridine rings is 1. The maximum atomic E-state index is 13.9. The molecule has 2 aromatic heterocycles. The van der Waals surface area contributed by atoms with Gasteiger partial charge in [0.2, 0.25) is 5.95 Å². The van der Waals surface area contributed by atoms with E-state index >= 15 is 0 Å². The third-order valence-corrected chi connectivity index (χ3v) is 2.99. The first-order chi connectivity index (χ1) is 10.3. The third kappa shape index (κ3) is 2.70. The number of hydrogen-bond acceptors (Lipinski definition) is 5. The number of rotatable bonds is 3. The van der Waals surface area contributed by atoms with Gasteiger partial charge in [0.25, 0.3) is 0 Å². The molecule has 21 heavy (non-hydrogen) atoms. The molecule has 3 aromatic rings. The average Bonchev–Trinajstić information content (AvgIpc) is 2.56. The molecule has 1 aromatic carbocycles. The van der Waals surface area contributed by atoms with E-state index in [1.165, 1.54) is 0 Å². The summed E-state index contributed by atoms with van der Waals surface area (Å²) in [5, 5.41) is 0. The van der Waals surface area contributed by atoms with Crippen molar-refractivity contribution in [2.24, 2.45) is 5.84 Å². The first-order valence-corrected chi connectivity index (χ1v) is 6.28. The molecule has 0 aliphatic rings. The Morgan fingerprint density at radius 3 is 2.48 bits per heavy atom. The minimum Gasteiger partial charge on any atom is -0.292 e. The number of nitrogens with zero attached hydrogens (tertiary/aromatic N) is 3. The molecule has 0 bridgehead atoms. The maximum Gasteiger partial charge on any atom is 0.237 e. The van der Waals surface area contributed by atoms with E-state index in [1.807, 2.05) is 36.4 Å². The predicted molar refractivity (Wildman–Crippen MR) is 78.5 cm³/mol. The van der Waals surface area contributed by atoms with Crippen LogP contribution in [0.5, 0.6) is 0 Å². The van der Waals surface area contributed by atoms with E-state index in [-0.39, 0.29) is 11.6 Å². The highest BCUT2D eigenvalue weighted by atomic mass is 19.1. The summed E-state index contributed by atoms with van der Waals surface area (Å²) in [6, 6.07) is 11.6. The van der Waals surface area contributed by atoms with Gasteiger partial charge >= 0.3 is 0 Å². The van der Waals surface area contributed by atoms with Gasteiger partial charge in [0.15, 0.2) is 5.82 Å². The van der Waals surface area contributed by atoms with Crippen molar-refractivity contribution >= 4 is 5.95 Å². The van der Waals surface area contributed by atoms with Crippen LogP contribution in [0.25, 0.3) is 22.4 Å². The fourth-order valence-electron chi connectivity index (χ4n) is 2.00. The lowest BCUT2D eigenvalue weighted by molar-refractivity contribution is 0.618. The molecule has 0 atom stereocenters. The Morgan fingerprint density at radius 1 is 0.952 bits per heavy atom. The van der Waals surface area contributed by atoms with E-state index in [0.29, 0.717) is 5.56 Å². The van der Waals surface area contributed by atoms with Gasteiger partial charge in [-0.15, -0.1) is 0 Å². The van der Waals surface area contributed by atoms with Crippen LogP contribution >= 0.6 is 0 Å². The van der Waals surface area contributed by atoms with Crippen LogP contribution in [-0.2, 0) is 0 Å². The van der Waals surface area contributed by atoms with Gasteiger partial charge < -0.3 is 0 Å². The van der Waals surface area contributed by atoms with Gasteiger partial charge in [0, 0.05) is 23.5 Å². The minimum absolute atomic E-state index is 0.150. The summed E-state index contributed by atoms with van der Waals surface area (Å²) in [5.74, 6) is 4.88. The molecule has 0 aliphatic heterocycles. The zero-order chi connectivity index (χ0) is 14.7. The molecule has 0 unspecified atom stereocenters. The molecule has 2 heterocycles. The van der Waals surface area contributed by atoms with Gasteiger partial charge in [-0.1, -0.05) is 30.3 Å². The minimum atomic E-state index is -0.527. The second-order valence-corrected chi connectivity index (χ2v) is 4.36. The molecule has 0 aliphatic carbocycles. The van der Waals surface area contributed by atoms with E-state index in [9.17, 15) is 4.39 Å². The lowest BCUT2D eigenvalue weighted by Crippen LogP contribution is -2.11. The molecule has 3 rings (SSSR count). The quantitative estimate of drug-likeness (QED) is 0.570. The largest absolute Gasteiger partial charge is 0.292 e. The Balaban J connectivity index is 2.08. The SMILES string of the molecule is NNc1ncc(F)c(-c2cncc(-c3ccccc3)c2)n1. The number of anilines is 1. The second kappa shape index (κ2) is 5.64. The average molecular weight is 281 g/mol. The van der Waals surface area contributed by atoms with E-state index in [1.54, 1.807) is 12.4 Å². The molecular weight excluding hydrogens is 269 g/mol. The van der Waals surface area contributed by atoms with E-state index in [4.69, 9.17) is 5.84 Å². The third-order valence-electron chi connectivity index (χ3n) is 2.99. The highest BCUT2D eigenvalue weighted by Crippen LogP contribution is 2.25. The van der Waals surface area contributed by atoms with Crippen LogP contribution in [0.2, 0.25) is 0 Å².